The molecule has 2 aromatic carbocycles. The molecule has 0 aliphatic heterocycles. The summed E-state index contributed by atoms with van der Waals surface area (Å²) in [4.78, 5) is 45.2. The number of carbonyl (C=O) groups is 3. The molecular weight excluding hydrogens is 399 g/mol. The van der Waals surface area contributed by atoms with Crippen molar-refractivity contribution in [3.05, 3.63) is 75.6 Å². The van der Waals surface area contributed by atoms with E-state index in [0.717, 1.165) is 24.3 Å². The number of carbonyl (C=O) groups excluding carboxylic acids is 3. The molecule has 0 saturated heterocycles. The third-order valence-electron chi connectivity index (χ3n) is 3.82. The molecule has 30 heavy (non-hydrogen) atoms. The molecule has 0 heterocycles. The molecule has 1 atom stereocenters. The molecule has 0 aromatic heterocycles. The van der Waals surface area contributed by atoms with Gasteiger partial charge in [0.2, 0.25) is 5.82 Å². The van der Waals surface area contributed by atoms with Crippen LogP contribution in [0.2, 0.25) is 0 Å². The Hall–Kier alpha value is -4.08. The Morgan fingerprint density at radius 2 is 1.83 bits per heavy atom. The van der Waals surface area contributed by atoms with E-state index in [9.17, 15) is 28.9 Å². The van der Waals surface area contributed by atoms with E-state index in [4.69, 9.17) is 4.74 Å². The molecule has 0 saturated carbocycles. The summed E-state index contributed by atoms with van der Waals surface area (Å²) in [6.45, 7) is 1.31. The van der Waals surface area contributed by atoms with E-state index in [1.54, 1.807) is 12.1 Å². The van der Waals surface area contributed by atoms with Crippen LogP contribution in [0.1, 0.15) is 22.8 Å². The summed E-state index contributed by atoms with van der Waals surface area (Å²) in [6.07, 6.45) is 1.31. The molecule has 0 spiro atoms. The van der Waals surface area contributed by atoms with Crippen molar-refractivity contribution >= 4 is 35.3 Å². The van der Waals surface area contributed by atoms with Crippen LogP contribution in [0.25, 0.3) is 6.08 Å². The molecule has 9 nitrogen and oxygen atoms in total. The lowest BCUT2D eigenvalue weighted by atomic mass is 10.1. The number of halogens is 1. The molecule has 2 rings (SSSR count). The van der Waals surface area contributed by atoms with Crippen molar-refractivity contribution in [3.8, 4) is 0 Å². The third kappa shape index (κ3) is 5.96. The molecule has 0 aliphatic carbocycles. The van der Waals surface area contributed by atoms with Crippen molar-refractivity contribution in [1.29, 1.82) is 0 Å². The van der Waals surface area contributed by atoms with Gasteiger partial charge in [-0.05, 0) is 42.8 Å². The Morgan fingerprint density at radius 3 is 2.43 bits per heavy atom. The number of anilines is 1. The first-order chi connectivity index (χ1) is 14.2. The van der Waals surface area contributed by atoms with Crippen molar-refractivity contribution in [2.24, 2.45) is 0 Å². The van der Waals surface area contributed by atoms with Crippen molar-refractivity contribution in [2.45, 2.75) is 13.0 Å². The maximum atomic E-state index is 13.3. The molecule has 0 radical (unpaired) electrons. The second-order valence-electron chi connectivity index (χ2n) is 5.94. The number of hydrogen-bond donors (Lipinski definition) is 1. The number of nitro benzene ring substituents is 1. The van der Waals surface area contributed by atoms with E-state index in [-0.39, 0.29) is 5.69 Å². The number of ether oxygens (including phenoxy) is 2. The van der Waals surface area contributed by atoms with Gasteiger partial charge in [-0.1, -0.05) is 12.1 Å². The lowest BCUT2D eigenvalue weighted by molar-refractivity contribution is -0.387. The molecule has 0 unspecified atom stereocenters. The summed E-state index contributed by atoms with van der Waals surface area (Å²) >= 11 is 0. The van der Waals surface area contributed by atoms with Crippen LogP contribution in [0.4, 0.5) is 15.8 Å². The molecule has 1 amide bonds. The smallest absolute Gasteiger partial charge is 0.337 e. The number of hydrogen-bond acceptors (Lipinski definition) is 7. The quantitative estimate of drug-likeness (QED) is 0.318. The molecule has 10 heteroatoms. The van der Waals surface area contributed by atoms with E-state index in [1.165, 1.54) is 32.2 Å². The maximum absolute atomic E-state index is 13.3. The molecular formula is C20H17FN2O7. The normalized spacial score (nSPS) is 11.6. The Kier molecular flexibility index (Phi) is 7.34. The fourth-order valence-corrected chi connectivity index (χ4v) is 2.25. The van der Waals surface area contributed by atoms with Crippen LogP contribution in [0.15, 0.2) is 48.5 Å². The van der Waals surface area contributed by atoms with Gasteiger partial charge in [-0.2, -0.15) is 4.39 Å². The number of benzene rings is 2. The highest BCUT2D eigenvalue weighted by atomic mass is 19.1. The Bertz CT molecular complexity index is 1000. The number of esters is 2. The van der Waals surface area contributed by atoms with Gasteiger partial charge in [-0.3, -0.25) is 14.9 Å². The minimum Gasteiger partial charge on any atom is -0.465 e. The number of nitrogens with one attached hydrogen (secondary N) is 1. The Labute approximate surface area is 170 Å². The summed E-state index contributed by atoms with van der Waals surface area (Å²) in [5.74, 6) is -3.08. The van der Waals surface area contributed by atoms with Crippen LogP contribution >= 0.6 is 0 Å². The summed E-state index contributed by atoms with van der Waals surface area (Å²) in [5, 5.41) is 13.1. The van der Waals surface area contributed by atoms with Crippen LogP contribution in [0.3, 0.4) is 0 Å². The number of nitrogens with zero attached hydrogens (tertiary/aromatic N) is 1. The largest absolute Gasteiger partial charge is 0.465 e. The van der Waals surface area contributed by atoms with Crippen molar-refractivity contribution in [1.82, 2.24) is 0 Å². The highest BCUT2D eigenvalue weighted by Crippen LogP contribution is 2.21. The summed E-state index contributed by atoms with van der Waals surface area (Å²) in [6, 6.07) is 9.08. The Balaban J connectivity index is 1.94. The van der Waals surface area contributed by atoms with Gasteiger partial charge in [0.1, 0.15) is 0 Å². The first-order valence-electron chi connectivity index (χ1n) is 8.53. The minimum atomic E-state index is -1.21. The average Bonchev–Trinajstić information content (AvgIpc) is 2.73. The SMILES string of the molecule is COC(=O)c1ccc(/C=C/C(=O)O[C@@H](C)C(=O)Nc2ccc(F)c([N+](=O)[O-])c2)cc1. The summed E-state index contributed by atoms with van der Waals surface area (Å²) < 4.78 is 22.9. The zero-order chi connectivity index (χ0) is 22.3. The molecule has 2 aromatic rings. The molecule has 1 N–H and O–H groups in total. The predicted molar refractivity (Wildman–Crippen MR) is 104 cm³/mol. The van der Waals surface area contributed by atoms with Crippen LogP contribution in [-0.4, -0.2) is 36.0 Å². The van der Waals surface area contributed by atoms with Crippen LogP contribution in [0.5, 0.6) is 0 Å². The van der Waals surface area contributed by atoms with Gasteiger partial charge in [-0.25, -0.2) is 9.59 Å². The van der Waals surface area contributed by atoms with Gasteiger partial charge in [0.15, 0.2) is 6.10 Å². The lowest BCUT2D eigenvalue weighted by Crippen LogP contribution is -2.29. The highest BCUT2D eigenvalue weighted by Gasteiger charge is 2.19. The number of methoxy groups -OCH3 is 1. The van der Waals surface area contributed by atoms with Crippen molar-refractivity contribution in [3.63, 3.8) is 0 Å². The lowest BCUT2D eigenvalue weighted by Gasteiger charge is -2.12. The molecule has 0 fully saturated rings. The maximum Gasteiger partial charge on any atom is 0.337 e. The predicted octanol–water partition coefficient (Wildman–Crippen LogP) is 3.10. The first-order valence-corrected chi connectivity index (χ1v) is 8.53. The fourth-order valence-electron chi connectivity index (χ4n) is 2.25. The van der Waals surface area contributed by atoms with Gasteiger partial charge in [0.05, 0.1) is 17.6 Å². The van der Waals surface area contributed by atoms with Gasteiger partial charge < -0.3 is 14.8 Å². The van der Waals surface area contributed by atoms with Crippen LogP contribution in [0, 0.1) is 15.9 Å². The fraction of sp³-hybridized carbons (Fsp3) is 0.150. The number of nitro groups is 1. The monoisotopic (exact) mass is 416 g/mol. The molecule has 0 aliphatic rings. The average molecular weight is 416 g/mol. The summed E-state index contributed by atoms with van der Waals surface area (Å²) in [5.41, 5.74) is 0.148. The number of rotatable bonds is 7. The zero-order valence-electron chi connectivity index (χ0n) is 16.0. The minimum absolute atomic E-state index is 0.0164. The van der Waals surface area contributed by atoms with Gasteiger partial charge in [-0.15, -0.1) is 0 Å². The van der Waals surface area contributed by atoms with Gasteiger partial charge in [0.25, 0.3) is 5.91 Å². The van der Waals surface area contributed by atoms with Gasteiger partial charge >= 0.3 is 17.6 Å². The van der Waals surface area contributed by atoms with Crippen LogP contribution < -0.4 is 5.32 Å². The third-order valence-corrected chi connectivity index (χ3v) is 3.82. The van der Waals surface area contributed by atoms with E-state index < -0.39 is 40.4 Å². The van der Waals surface area contributed by atoms with Crippen molar-refractivity contribution in [2.75, 3.05) is 12.4 Å². The Morgan fingerprint density at radius 1 is 1.17 bits per heavy atom. The highest BCUT2D eigenvalue weighted by molar-refractivity contribution is 5.97. The van der Waals surface area contributed by atoms with E-state index >= 15 is 0 Å². The molecule has 156 valence electrons. The second-order valence-corrected chi connectivity index (χ2v) is 5.94. The topological polar surface area (TPSA) is 125 Å². The molecule has 0 bridgehead atoms. The van der Waals surface area contributed by atoms with E-state index in [0.29, 0.717) is 11.1 Å². The standard InChI is InChI=1S/C20H17FN2O7/c1-12(19(25)22-15-8-9-16(21)17(11-15)23(27)28)30-18(24)10-5-13-3-6-14(7-4-13)20(26)29-2/h3-12H,1-2H3,(H,22,25)/b10-5+/t12-/m0/s1. The second kappa shape index (κ2) is 9.92. The summed E-state index contributed by atoms with van der Waals surface area (Å²) in [7, 11) is 1.26. The van der Waals surface area contributed by atoms with E-state index in [1.807, 2.05) is 0 Å². The first kappa shape index (κ1) is 22.2. The van der Waals surface area contributed by atoms with Crippen LogP contribution in [-0.2, 0) is 19.1 Å². The van der Waals surface area contributed by atoms with E-state index in [2.05, 4.69) is 10.1 Å². The number of amides is 1. The van der Waals surface area contributed by atoms with Gasteiger partial charge in [0, 0.05) is 17.8 Å². The van der Waals surface area contributed by atoms with Crippen molar-refractivity contribution < 1.29 is 33.2 Å². The zero-order valence-corrected chi connectivity index (χ0v) is 16.0.